The summed E-state index contributed by atoms with van der Waals surface area (Å²) in [6.45, 7) is 9.51. The van der Waals surface area contributed by atoms with E-state index in [-0.39, 0.29) is 18.1 Å². The van der Waals surface area contributed by atoms with E-state index in [0.29, 0.717) is 0 Å². The minimum atomic E-state index is -0.705. The quantitative estimate of drug-likeness (QED) is 0.798. The van der Waals surface area contributed by atoms with Gasteiger partial charge in [-0.25, -0.2) is 4.79 Å². The first-order chi connectivity index (χ1) is 9.68. The molecule has 0 spiro atoms. The molecule has 2 aliphatic heterocycles. The SMILES string of the molecule is CC1C2c3ccccc3C(C)(C1O)N2C(=O)OC(C)(C)C. The van der Waals surface area contributed by atoms with Crippen LogP contribution in [0.2, 0.25) is 0 Å². The van der Waals surface area contributed by atoms with E-state index in [1.54, 1.807) is 4.90 Å². The number of fused-ring (bicyclic) bond motifs is 5. The number of hydrogen-bond donors (Lipinski definition) is 1. The Morgan fingerprint density at radius 2 is 1.95 bits per heavy atom. The molecule has 4 atom stereocenters. The molecule has 0 aliphatic carbocycles. The van der Waals surface area contributed by atoms with Gasteiger partial charge in [-0.05, 0) is 38.8 Å². The Labute approximate surface area is 125 Å². The Bertz CT molecular complexity index is 592. The normalized spacial score (nSPS) is 34.0. The van der Waals surface area contributed by atoms with Crippen LogP contribution < -0.4 is 0 Å². The summed E-state index contributed by atoms with van der Waals surface area (Å²) in [6.07, 6.45) is -0.931. The second kappa shape index (κ2) is 4.23. The van der Waals surface area contributed by atoms with Gasteiger partial charge in [-0.3, -0.25) is 4.90 Å². The number of nitrogens with zero attached hydrogens (tertiary/aromatic N) is 1. The van der Waals surface area contributed by atoms with Gasteiger partial charge in [0.2, 0.25) is 0 Å². The highest BCUT2D eigenvalue weighted by Gasteiger charge is 2.64. The van der Waals surface area contributed by atoms with Gasteiger partial charge < -0.3 is 9.84 Å². The van der Waals surface area contributed by atoms with Crippen molar-refractivity contribution in [3.8, 4) is 0 Å². The molecule has 3 rings (SSSR count). The summed E-state index contributed by atoms with van der Waals surface area (Å²) in [5, 5.41) is 10.7. The molecule has 1 amide bonds. The maximum absolute atomic E-state index is 12.7. The first-order valence-electron chi connectivity index (χ1n) is 7.47. The minimum Gasteiger partial charge on any atom is -0.444 e. The van der Waals surface area contributed by atoms with Crippen molar-refractivity contribution in [1.82, 2.24) is 4.90 Å². The van der Waals surface area contributed by atoms with Crippen molar-refractivity contribution in [3.05, 3.63) is 35.4 Å². The first-order valence-corrected chi connectivity index (χ1v) is 7.47. The van der Waals surface area contributed by atoms with Crippen molar-refractivity contribution in [2.45, 2.75) is 57.9 Å². The van der Waals surface area contributed by atoms with Crippen LogP contribution >= 0.6 is 0 Å². The zero-order valence-electron chi connectivity index (χ0n) is 13.3. The van der Waals surface area contributed by atoms with E-state index in [0.717, 1.165) is 11.1 Å². The number of carbonyl (C=O) groups excluding carboxylic acids is 1. The number of benzene rings is 1. The number of rotatable bonds is 0. The number of aliphatic hydroxyl groups excluding tert-OH is 1. The summed E-state index contributed by atoms with van der Waals surface area (Å²) in [6, 6.07) is 7.87. The van der Waals surface area contributed by atoms with Crippen LogP contribution in [0.3, 0.4) is 0 Å². The van der Waals surface area contributed by atoms with Gasteiger partial charge in [-0.1, -0.05) is 31.2 Å². The van der Waals surface area contributed by atoms with Crippen LogP contribution in [0.1, 0.15) is 51.8 Å². The Morgan fingerprint density at radius 3 is 2.57 bits per heavy atom. The van der Waals surface area contributed by atoms with E-state index in [9.17, 15) is 9.90 Å². The highest BCUT2D eigenvalue weighted by molar-refractivity contribution is 5.74. The molecule has 1 saturated heterocycles. The second-order valence-electron chi connectivity index (χ2n) is 7.33. The van der Waals surface area contributed by atoms with Crippen LogP contribution in [0.5, 0.6) is 0 Å². The molecule has 0 saturated carbocycles. The van der Waals surface area contributed by atoms with E-state index in [2.05, 4.69) is 0 Å². The van der Waals surface area contributed by atoms with Crippen LogP contribution in [-0.2, 0) is 10.3 Å². The molecule has 4 unspecified atom stereocenters. The topological polar surface area (TPSA) is 49.8 Å². The lowest BCUT2D eigenvalue weighted by Gasteiger charge is -2.35. The summed E-state index contributed by atoms with van der Waals surface area (Å²) < 4.78 is 5.57. The molecule has 2 aliphatic rings. The first kappa shape index (κ1) is 14.4. The largest absolute Gasteiger partial charge is 0.444 e. The average molecular weight is 289 g/mol. The maximum atomic E-state index is 12.7. The molecule has 4 heteroatoms. The van der Waals surface area contributed by atoms with Crippen molar-refractivity contribution < 1.29 is 14.6 Å². The fraction of sp³-hybridized carbons (Fsp3) is 0.588. The molecule has 2 bridgehead atoms. The number of hydrogen-bond acceptors (Lipinski definition) is 3. The molecule has 114 valence electrons. The van der Waals surface area contributed by atoms with E-state index < -0.39 is 17.2 Å². The monoisotopic (exact) mass is 289 g/mol. The van der Waals surface area contributed by atoms with Crippen molar-refractivity contribution in [2.24, 2.45) is 5.92 Å². The molecular weight excluding hydrogens is 266 g/mol. The zero-order valence-corrected chi connectivity index (χ0v) is 13.3. The smallest absolute Gasteiger partial charge is 0.411 e. The van der Waals surface area contributed by atoms with Gasteiger partial charge >= 0.3 is 6.09 Å². The highest BCUT2D eigenvalue weighted by Crippen LogP contribution is 2.59. The van der Waals surface area contributed by atoms with Gasteiger partial charge in [0.1, 0.15) is 5.60 Å². The van der Waals surface area contributed by atoms with Crippen molar-refractivity contribution in [2.75, 3.05) is 0 Å². The summed E-state index contributed by atoms with van der Waals surface area (Å²) >= 11 is 0. The highest BCUT2D eigenvalue weighted by atomic mass is 16.6. The van der Waals surface area contributed by atoms with E-state index in [4.69, 9.17) is 4.74 Å². The second-order valence-corrected chi connectivity index (χ2v) is 7.33. The third-order valence-electron chi connectivity index (χ3n) is 4.77. The maximum Gasteiger partial charge on any atom is 0.411 e. The molecule has 0 aromatic heterocycles. The van der Waals surface area contributed by atoms with Gasteiger partial charge in [0.25, 0.3) is 0 Å². The van der Waals surface area contributed by atoms with Gasteiger partial charge in [0, 0.05) is 5.92 Å². The fourth-order valence-electron chi connectivity index (χ4n) is 3.89. The molecule has 2 heterocycles. The standard InChI is InChI=1S/C17H23NO3/c1-10-13-11-8-6-7-9-12(11)17(5,14(10)19)18(13)15(20)21-16(2,3)4/h6-10,13-14,19H,1-5H3. The van der Waals surface area contributed by atoms with Crippen molar-refractivity contribution in [1.29, 1.82) is 0 Å². The summed E-state index contributed by atoms with van der Waals surface area (Å²) in [5.74, 6) is -0.00239. The molecular formula is C17H23NO3. The van der Waals surface area contributed by atoms with Crippen LogP contribution in [0.4, 0.5) is 4.79 Å². The lowest BCUT2D eigenvalue weighted by Crippen LogP contribution is -2.47. The third kappa shape index (κ3) is 1.81. The summed E-state index contributed by atoms with van der Waals surface area (Å²) in [7, 11) is 0. The van der Waals surface area contributed by atoms with Gasteiger partial charge in [0.05, 0.1) is 17.7 Å². The van der Waals surface area contributed by atoms with Gasteiger partial charge in [-0.15, -0.1) is 0 Å². The number of carbonyl (C=O) groups is 1. The Morgan fingerprint density at radius 1 is 1.33 bits per heavy atom. The number of ether oxygens (including phenoxy) is 1. The van der Waals surface area contributed by atoms with Crippen LogP contribution in [0.25, 0.3) is 0 Å². The van der Waals surface area contributed by atoms with E-state index >= 15 is 0 Å². The summed E-state index contributed by atoms with van der Waals surface area (Å²) in [4.78, 5) is 14.4. The Kier molecular flexibility index (Phi) is 2.90. The average Bonchev–Trinajstić information content (AvgIpc) is 2.76. The summed E-state index contributed by atoms with van der Waals surface area (Å²) in [5.41, 5.74) is 0.911. The van der Waals surface area contributed by atoms with Gasteiger partial charge in [0.15, 0.2) is 0 Å². The van der Waals surface area contributed by atoms with Crippen LogP contribution in [0.15, 0.2) is 24.3 Å². The molecule has 1 aromatic rings. The predicted molar refractivity (Wildman–Crippen MR) is 79.8 cm³/mol. The molecule has 4 nitrogen and oxygen atoms in total. The Hall–Kier alpha value is -1.55. The zero-order chi connectivity index (χ0) is 15.6. The Balaban J connectivity index is 2.07. The third-order valence-corrected chi connectivity index (χ3v) is 4.77. The minimum absolute atomic E-state index is 0.00239. The molecule has 0 radical (unpaired) electrons. The lowest BCUT2D eigenvalue weighted by molar-refractivity contribution is -0.0119. The molecule has 1 N–H and O–H groups in total. The number of aliphatic hydroxyl groups is 1. The van der Waals surface area contributed by atoms with Crippen molar-refractivity contribution in [3.63, 3.8) is 0 Å². The molecule has 21 heavy (non-hydrogen) atoms. The number of amides is 1. The molecule has 1 aromatic carbocycles. The van der Waals surface area contributed by atoms with E-state index in [1.165, 1.54) is 0 Å². The van der Waals surface area contributed by atoms with Crippen LogP contribution in [-0.4, -0.2) is 27.8 Å². The van der Waals surface area contributed by atoms with Gasteiger partial charge in [-0.2, -0.15) is 0 Å². The van der Waals surface area contributed by atoms with Crippen LogP contribution in [0, 0.1) is 5.92 Å². The lowest BCUT2D eigenvalue weighted by atomic mass is 9.76. The van der Waals surface area contributed by atoms with Crippen molar-refractivity contribution >= 4 is 6.09 Å². The van der Waals surface area contributed by atoms with E-state index in [1.807, 2.05) is 58.9 Å². The predicted octanol–water partition coefficient (Wildman–Crippen LogP) is 3.20. The molecule has 1 fully saturated rings. The fourth-order valence-corrected chi connectivity index (χ4v) is 3.89.